The molecule has 2 rings (SSSR count). The third kappa shape index (κ3) is 3.61. The predicted octanol–water partition coefficient (Wildman–Crippen LogP) is 1.77. The van der Waals surface area contributed by atoms with Gasteiger partial charge in [-0.3, -0.25) is 9.78 Å². The molecule has 0 bridgehead atoms. The van der Waals surface area contributed by atoms with Crippen LogP contribution in [-0.4, -0.2) is 15.9 Å². The Kier molecular flexibility index (Phi) is 4.79. The maximum atomic E-state index is 11.6. The van der Waals surface area contributed by atoms with Crippen LogP contribution in [0.1, 0.15) is 17.2 Å². The van der Waals surface area contributed by atoms with E-state index in [0.29, 0.717) is 17.2 Å². The molecule has 1 atom stereocenters. The van der Waals surface area contributed by atoms with Crippen molar-refractivity contribution in [2.75, 3.05) is 0 Å². The van der Waals surface area contributed by atoms with Crippen LogP contribution in [0.5, 0.6) is 0 Å². The smallest absolute Gasteiger partial charge is 0.233 e. The van der Waals surface area contributed by atoms with Gasteiger partial charge in [0.2, 0.25) is 5.91 Å². The Morgan fingerprint density at radius 3 is 2.50 bits per heavy atom. The third-order valence-corrected chi connectivity index (χ3v) is 3.22. The maximum Gasteiger partial charge on any atom is 0.233 e. The quantitative estimate of drug-likeness (QED) is 0.822. The Bertz CT molecular complexity index is 587. The van der Waals surface area contributed by atoms with Gasteiger partial charge in [0, 0.05) is 12.7 Å². The number of nitrogens with zero attached hydrogens (tertiary/aromatic N) is 1. The van der Waals surface area contributed by atoms with E-state index >= 15 is 0 Å². The van der Waals surface area contributed by atoms with E-state index in [1.807, 2.05) is 30.3 Å². The summed E-state index contributed by atoms with van der Waals surface area (Å²) in [4.78, 5) is 16.1. The number of hydrogen-bond acceptors (Lipinski definition) is 3. The number of rotatable bonds is 5. The number of benzene rings is 1. The van der Waals surface area contributed by atoms with E-state index in [4.69, 9.17) is 18.0 Å². The highest BCUT2D eigenvalue weighted by Gasteiger charge is 2.23. The van der Waals surface area contributed by atoms with Gasteiger partial charge in [-0.2, -0.15) is 0 Å². The molecule has 0 radical (unpaired) electrons. The van der Waals surface area contributed by atoms with E-state index < -0.39 is 11.8 Å². The van der Waals surface area contributed by atoms with Gasteiger partial charge < -0.3 is 11.1 Å². The molecule has 0 spiro atoms. The molecule has 102 valence electrons. The lowest BCUT2D eigenvalue weighted by molar-refractivity contribution is -0.118. The molecule has 1 amide bonds. The van der Waals surface area contributed by atoms with Crippen LogP contribution in [0.3, 0.4) is 0 Å². The van der Waals surface area contributed by atoms with Crippen molar-refractivity contribution in [2.45, 2.75) is 12.5 Å². The van der Waals surface area contributed by atoms with Gasteiger partial charge in [-0.25, -0.2) is 0 Å². The van der Waals surface area contributed by atoms with E-state index in [1.54, 1.807) is 24.4 Å². The molecular weight excluding hydrogens is 270 g/mol. The number of nitrogens with two attached hydrogens (primary N) is 1. The molecule has 20 heavy (non-hydrogen) atoms. The minimum Gasteiger partial charge on any atom is -0.375 e. The number of aromatic nitrogens is 1. The van der Waals surface area contributed by atoms with Crippen molar-refractivity contribution in [1.29, 1.82) is 0 Å². The van der Waals surface area contributed by atoms with Crippen LogP contribution in [-0.2, 0) is 11.3 Å². The zero-order chi connectivity index (χ0) is 14.4. The number of primary amides is 1. The second-order valence-corrected chi connectivity index (χ2v) is 4.73. The summed E-state index contributed by atoms with van der Waals surface area (Å²) in [5, 5.41) is 3.07. The Hall–Kier alpha value is -2.27. The van der Waals surface area contributed by atoms with Crippen molar-refractivity contribution in [3.63, 3.8) is 0 Å². The highest BCUT2D eigenvalue weighted by Crippen LogP contribution is 2.14. The molecule has 0 aliphatic heterocycles. The molecule has 1 unspecified atom stereocenters. The SMILES string of the molecule is NC(=O)C(C(=S)NCc1ccccc1)c1ccccn1. The van der Waals surface area contributed by atoms with Gasteiger partial charge in [0.05, 0.1) is 10.7 Å². The fourth-order valence-electron chi connectivity index (χ4n) is 1.84. The van der Waals surface area contributed by atoms with Crippen LogP contribution in [0.25, 0.3) is 0 Å². The summed E-state index contributed by atoms with van der Waals surface area (Å²) in [6.07, 6.45) is 1.62. The summed E-state index contributed by atoms with van der Waals surface area (Å²) < 4.78 is 0. The van der Waals surface area contributed by atoms with Crippen LogP contribution >= 0.6 is 12.2 Å². The standard InChI is InChI=1S/C15H15N3OS/c16-14(19)13(12-8-4-5-9-17-12)15(20)18-10-11-6-2-1-3-7-11/h1-9,13H,10H2,(H2,16,19)(H,18,20). The zero-order valence-electron chi connectivity index (χ0n) is 10.8. The maximum absolute atomic E-state index is 11.6. The molecule has 0 saturated heterocycles. The highest BCUT2D eigenvalue weighted by molar-refractivity contribution is 7.80. The lowest BCUT2D eigenvalue weighted by Crippen LogP contribution is -2.36. The van der Waals surface area contributed by atoms with Crippen molar-refractivity contribution in [3.05, 3.63) is 66.0 Å². The number of hydrogen-bond donors (Lipinski definition) is 2. The second kappa shape index (κ2) is 6.77. The van der Waals surface area contributed by atoms with Crippen LogP contribution in [0, 0.1) is 0 Å². The number of amides is 1. The second-order valence-electron chi connectivity index (χ2n) is 4.29. The van der Waals surface area contributed by atoms with Gasteiger partial charge in [-0.15, -0.1) is 0 Å². The average molecular weight is 285 g/mol. The minimum absolute atomic E-state index is 0.389. The Balaban J connectivity index is 2.07. The summed E-state index contributed by atoms with van der Waals surface area (Å²) in [5.74, 6) is -1.20. The minimum atomic E-state index is -0.699. The number of carbonyl (C=O) groups excluding carboxylic acids is 1. The molecule has 3 N–H and O–H groups in total. The number of pyridine rings is 1. The fourth-order valence-corrected chi connectivity index (χ4v) is 2.15. The summed E-state index contributed by atoms with van der Waals surface area (Å²) in [6.45, 7) is 0.552. The first kappa shape index (κ1) is 14.1. The van der Waals surface area contributed by atoms with Gasteiger partial charge in [-0.1, -0.05) is 48.6 Å². The Morgan fingerprint density at radius 2 is 1.90 bits per heavy atom. The van der Waals surface area contributed by atoms with E-state index in [9.17, 15) is 4.79 Å². The van der Waals surface area contributed by atoms with Crippen molar-refractivity contribution < 1.29 is 4.79 Å². The monoisotopic (exact) mass is 285 g/mol. The molecule has 0 saturated carbocycles. The van der Waals surface area contributed by atoms with Gasteiger partial charge >= 0.3 is 0 Å². The number of thiocarbonyl (C=S) groups is 1. The molecule has 1 aromatic heterocycles. The van der Waals surface area contributed by atoms with Crippen molar-refractivity contribution >= 4 is 23.1 Å². The van der Waals surface area contributed by atoms with Crippen molar-refractivity contribution in [1.82, 2.24) is 10.3 Å². The molecule has 0 fully saturated rings. The van der Waals surface area contributed by atoms with E-state index in [1.165, 1.54) is 0 Å². The van der Waals surface area contributed by atoms with Crippen molar-refractivity contribution in [2.24, 2.45) is 5.73 Å². The van der Waals surface area contributed by atoms with E-state index in [-0.39, 0.29) is 0 Å². The third-order valence-electron chi connectivity index (χ3n) is 2.84. The summed E-state index contributed by atoms with van der Waals surface area (Å²) in [7, 11) is 0. The first-order chi connectivity index (χ1) is 9.68. The molecule has 0 aliphatic carbocycles. The van der Waals surface area contributed by atoms with E-state index in [0.717, 1.165) is 5.56 Å². The summed E-state index contributed by atoms with van der Waals surface area (Å²) in [5.41, 5.74) is 7.08. The lowest BCUT2D eigenvalue weighted by atomic mass is 10.0. The van der Waals surface area contributed by atoms with Gasteiger partial charge in [0.1, 0.15) is 5.92 Å². The first-order valence-corrected chi connectivity index (χ1v) is 6.61. The Labute approximate surface area is 123 Å². The zero-order valence-corrected chi connectivity index (χ0v) is 11.6. The normalized spacial score (nSPS) is 11.6. The van der Waals surface area contributed by atoms with E-state index in [2.05, 4.69) is 10.3 Å². The molecular formula is C15H15N3OS. The average Bonchev–Trinajstić information content (AvgIpc) is 2.47. The number of carbonyl (C=O) groups is 1. The molecule has 1 heterocycles. The highest BCUT2D eigenvalue weighted by atomic mass is 32.1. The molecule has 4 nitrogen and oxygen atoms in total. The van der Waals surface area contributed by atoms with Gasteiger partial charge in [-0.05, 0) is 17.7 Å². The lowest BCUT2D eigenvalue weighted by Gasteiger charge is -2.16. The predicted molar refractivity (Wildman–Crippen MR) is 82.1 cm³/mol. The Morgan fingerprint density at radius 1 is 1.20 bits per heavy atom. The first-order valence-electron chi connectivity index (χ1n) is 6.20. The summed E-state index contributed by atoms with van der Waals surface area (Å²) in [6, 6.07) is 15.1. The van der Waals surface area contributed by atoms with Crippen molar-refractivity contribution in [3.8, 4) is 0 Å². The molecule has 5 heteroatoms. The van der Waals surface area contributed by atoms with Gasteiger partial charge in [0.25, 0.3) is 0 Å². The van der Waals surface area contributed by atoms with Gasteiger partial charge in [0.15, 0.2) is 0 Å². The van der Waals surface area contributed by atoms with Crippen LogP contribution in [0.4, 0.5) is 0 Å². The van der Waals surface area contributed by atoms with Crippen LogP contribution < -0.4 is 11.1 Å². The fraction of sp³-hybridized carbons (Fsp3) is 0.133. The number of nitrogens with one attached hydrogen (secondary N) is 1. The molecule has 0 aliphatic rings. The molecule has 2 aromatic rings. The van der Waals surface area contributed by atoms with Crippen LogP contribution in [0.2, 0.25) is 0 Å². The summed E-state index contributed by atoms with van der Waals surface area (Å²) >= 11 is 5.28. The largest absolute Gasteiger partial charge is 0.375 e. The molecule has 1 aromatic carbocycles. The topological polar surface area (TPSA) is 68.0 Å². The van der Waals surface area contributed by atoms with Crippen LogP contribution in [0.15, 0.2) is 54.7 Å².